The number of Topliss-reactive ketones (excluding diaryl/α,β-unsaturated/α-hetero) is 1. The summed E-state index contributed by atoms with van der Waals surface area (Å²) in [4.78, 5) is 33.4. The van der Waals surface area contributed by atoms with Crippen molar-refractivity contribution < 1.29 is 24.6 Å². The van der Waals surface area contributed by atoms with Crippen LogP contribution in [-0.4, -0.2) is 27.9 Å². The molecule has 6 heteroatoms. The highest BCUT2D eigenvalue weighted by Crippen LogP contribution is 2.19. The molecule has 0 unspecified atom stereocenters. The van der Waals surface area contributed by atoms with Gasteiger partial charge in [0, 0.05) is 17.7 Å². The summed E-state index contributed by atoms with van der Waals surface area (Å²) < 4.78 is 0. The smallest absolute Gasteiger partial charge is 0.322 e. The van der Waals surface area contributed by atoms with E-state index in [9.17, 15) is 14.4 Å². The van der Waals surface area contributed by atoms with Crippen molar-refractivity contribution in [3.05, 3.63) is 23.9 Å². The second-order valence-corrected chi connectivity index (χ2v) is 3.32. The average Bonchev–Trinajstić information content (AvgIpc) is 2.23. The van der Waals surface area contributed by atoms with E-state index < -0.39 is 23.6 Å². The Hall–Kier alpha value is -2.11. The van der Waals surface area contributed by atoms with Crippen LogP contribution < -0.4 is 5.73 Å². The fourth-order valence-electron chi connectivity index (χ4n) is 1.31. The summed E-state index contributed by atoms with van der Waals surface area (Å²) in [7, 11) is 0. The van der Waals surface area contributed by atoms with Gasteiger partial charge in [0.2, 0.25) is 0 Å². The Morgan fingerprint density at radius 2 is 1.76 bits per heavy atom. The zero-order chi connectivity index (χ0) is 13.6. The molecule has 0 aromatic rings. The molecule has 0 heterocycles. The Morgan fingerprint density at radius 1 is 1.29 bits per heavy atom. The van der Waals surface area contributed by atoms with Crippen molar-refractivity contribution in [3.8, 4) is 0 Å². The first kappa shape index (κ1) is 14.9. The zero-order valence-electron chi connectivity index (χ0n) is 9.47. The molecule has 0 atom stereocenters. The number of carbonyl (C=O) groups excluding carboxylic acids is 1. The number of rotatable bonds is 7. The number of aliphatic carboxylic acids is 2. The van der Waals surface area contributed by atoms with Crippen LogP contribution >= 0.6 is 0 Å². The number of ketones is 1. The molecule has 0 amide bonds. The molecule has 0 aliphatic carbocycles. The maximum atomic E-state index is 11.7. The van der Waals surface area contributed by atoms with Crippen LogP contribution in [0.15, 0.2) is 23.9 Å². The maximum absolute atomic E-state index is 11.7. The van der Waals surface area contributed by atoms with Crippen molar-refractivity contribution in [2.24, 2.45) is 11.7 Å². The van der Waals surface area contributed by atoms with Crippen LogP contribution in [0.1, 0.15) is 19.8 Å². The normalized spacial score (nSPS) is 11.9. The zero-order valence-corrected chi connectivity index (χ0v) is 9.47. The molecular weight excluding hydrogens is 226 g/mol. The topological polar surface area (TPSA) is 118 Å². The molecule has 0 saturated carbocycles. The molecule has 17 heavy (non-hydrogen) atoms. The van der Waals surface area contributed by atoms with Gasteiger partial charge in [-0.3, -0.25) is 14.4 Å². The maximum Gasteiger partial charge on any atom is 0.322 e. The average molecular weight is 241 g/mol. The van der Waals surface area contributed by atoms with Gasteiger partial charge in [-0.1, -0.05) is 13.0 Å². The Bertz CT molecular complexity index is 369. The predicted octanol–water partition coefficient (Wildman–Crippen LogP) is 0.540. The second kappa shape index (κ2) is 6.47. The van der Waals surface area contributed by atoms with Crippen LogP contribution in [0.5, 0.6) is 0 Å². The summed E-state index contributed by atoms with van der Waals surface area (Å²) in [6.07, 6.45) is 1.33. The van der Waals surface area contributed by atoms with Gasteiger partial charge in [-0.15, -0.1) is 6.58 Å². The van der Waals surface area contributed by atoms with Gasteiger partial charge < -0.3 is 15.9 Å². The molecule has 0 aromatic carbocycles. The van der Waals surface area contributed by atoms with Crippen LogP contribution in [0.2, 0.25) is 0 Å². The van der Waals surface area contributed by atoms with Crippen LogP contribution in [0.3, 0.4) is 0 Å². The number of carbonyl (C=O) groups is 3. The van der Waals surface area contributed by atoms with Crippen molar-refractivity contribution in [3.63, 3.8) is 0 Å². The molecule has 0 rings (SSSR count). The van der Waals surface area contributed by atoms with E-state index in [1.165, 1.54) is 6.08 Å². The first-order valence-corrected chi connectivity index (χ1v) is 4.94. The van der Waals surface area contributed by atoms with E-state index in [-0.39, 0.29) is 24.1 Å². The molecule has 0 bridgehead atoms. The van der Waals surface area contributed by atoms with E-state index in [4.69, 9.17) is 15.9 Å². The fourth-order valence-corrected chi connectivity index (χ4v) is 1.31. The summed E-state index contributed by atoms with van der Waals surface area (Å²) in [5.41, 5.74) is 5.13. The van der Waals surface area contributed by atoms with Gasteiger partial charge in [0.1, 0.15) is 0 Å². The summed E-state index contributed by atoms with van der Waals surface area (Å²) in [5.74, 6) is -5.78. The minimum Gasteiger partial charge on any atom is -0.480 e. The highest BCUT2D eigenvalue weighted by Gasteiger charge is 2.35. The first-order chi connectivity index (χ1) is 7.86. The number of carboxylic acids is 2. The predicted molar refractivity (Wildman–Crippen MR) is 60.1 cm³/mol. The minimum absolute atomic E-state index is 0.0216. The van der Waals surface area contributed by atoms with Gasteiger partial charge in [-0.25, -0.2) is 0 Å². The van der Waals surface area contributed by atoms with E-state index in [0.29, 0.717) is 0 Å². The number of allylic oxidation sites excluding steroid dienone is 2. The third-order valence-corrected chi connectivity index (χ3v) is 2.14. The third kappa shape index (κ3) is 3.75. The van der Waals surface area contributed by atoms with Crippen molar-refractivity contribution in [1.29, 1.82) is 0 Å². The van der Waals surface area contributed by atoms with Gasteiger partial charge in [-0.2, -0.15) is 0 Å². The molecule has 4 N–H and O–H groups in total. The second-order valence-electron chi connectivity index (χ2n) is 3.32. The van der Waals surface area contributed by atoms with Crippen molar-refractivity contribution in [2.75, 3.05) is 0 Å². The molecule has 0 saturated heterocycles. The third-order valence-electron chi connectivity index (χ3n) is 2.14. The fraction of sp³-hybridized carbons (Fsp3) is 0.364. The summed E-state index contributed by atoms with van der Waals surface area (Å²) in [6.45, 7) is 4.95. The highest BCUT2D eigenvalue weighted by atomic mass is 16.4. The van der Waals surface area contributed by atoms with E-state index in [0.717, 1.165) is 0 Å². The summed E-state index contributed by atoms with van der Waals surface area (Å²) in [6, 6.07) is 0. The Balaban J connectivity index is 5.61. The molecule has 0 fully saturated rings. The Labute approximate surface area is 98.4 Å². The number of carboxylic acid groups (broad SMARTS) is 2. The molecule has 6 nitrogen and oxygen atoms in total. The van der Waals surface area contributed by atoms with Crippen molar-refractivity contribution in [1.82, 2.24) is 0 Å². The van der Waals surface area contributed by atoms with Gasteiger partial charge in [0.15, 0.2) is 11.7 Å². The highest BCUT2D eigenvalue weighted by molar-refractivity contribution is 6.09. The standard InChI is InChI=1S/C11H15NO5/c1-3-5-7(13)8(6(12)4-2)9(10(14)15)11(16)17/h3,9H,1,4-5,12H2,2H3,(H,14,15)(H,16,17)/b8-6-. The molecule has 94 valence electrons. The number of hydrogen-bond acceptors (Lipinski definition) is 4. The number of hydrogen-bond donors (Lipinski definition) is 3. The molecule has 0 aliphatic rings. The lowest BCUT2D eigenvalue weighted by molar-refractivity contribution is -0.153. The minimum atomic E-state index is -1.93. The SMILES string of the molecule is C=CCC(=O)/C(=C(/N)CC)C(C(=O)O)C(=O)O. The lowest BCUT2D eigenvalue weighted by Gasteiger charge is -2.13. The summed E-state index contributed by atoms with van der Waals surface area (Å²) in [5, 5.41) is 17.7. The van der Waals surface area contributed by atoms with Crippen LogP contribution in [0, 0.1) is 5.92 Å². The largest absolute Gasteiger partial charge is 0.480 e. The Kier molecular flexibility index (Phi) is 5.66. The lowest BCUT2D eigenvalue weighted by atomic mass is 9.91. The van der Waals surface area contributed by atoms with Gasteiger partial charge in [0.05, 0.1) is 0 Å². The van der Waals surface area contributed by atoms with E-state index >= 15 is 0 Å². The van der Waals surface area contributed by atoms with E-state index in [1.54, 1.807) is 6.92 Å². The van der Waals surface area contributed by atoms with Crippen LogP contribution in [-0.2, 0) is 14.4 Å². The molecular formula is C11H15NO5. The molecule has 0 aromatic heterocycles. The molecule has 0 aliphatic heterocycles. The van der Waals surface area contributed by atoms with E-state index in [2.05, 4.69) is 6.58 Å². The Morgan fingerprint density at radius 3 is 2.06 bits per heavy atom. The van der Waals surface area contributed by atoms with Crippen molar-refractivity contribution >= 4 is 17.7 Å². The quantitative estimate of drug-likeness (QED) is 0.340. The molecule has 0 radical (unpaired) electrons. The van der Waals surface area contributed by atoms with Crippen molar-refractivity contribution in [2.45, 2.75) is 19.8 Å². The van der Waals surface area contributed by atoms with Crippen LogP contribution in [0.4, 0.5) is 0 Å². The number of nitrogens with two attached hydrogens (primary N) is 1. The lowest BCUT2D eigenvalue weighted by Crippen LogP contribution is -2.31. The monoisotopic (exact) mass is 241 g/mol. The summed E-state index contributed by atoms with van der Waals surface area (Å²) >= 11 is 0. The van der Waals surface area contributed by atoms with E-state index in [1.807, 2.05) is 0 Å². The first-order valence-electron chi connectivity index (χ1n) is 4.94. The van der Waals surface area contributed by atoms with Gasteiger partial charge in [0.25, 0.3) is 0 Å². The molecule has 0 spiro atoms. The van der Waals surface area contributed by atoms with Crippen LogP contribution in [0.25, 0.3) is 0 Å². The van der Waals surface area contributed by atoms with Gasteiger partial charge in [-0.05, 0) is 6.42 Å². The van der Waals surface area contributed by atoms with Gasteiger partial charge >= 0.3 is 11.9 Å².